The van der Waals surface area contributed by atoms with E-state index in [-0.39, 0.29) is 11.7 Å². The number of halogens is 3. The molecule has 0 radical (unpaired) electrons. The van der Waals surface area contributed by atoms with Crippen molar-refractivity contribution >= 4 is 11.6 Å². The maximum atomic E-state index is 12.1. The van der Waals surface area contributed by atoms with E-state index < -0.39 is 12.8 Å². The van der Waals surface area contributed by atoms with Crippen LogP contribution in [0.1, 0.15) is 17.5 Å². The van der Waals surface area contributed by atoms with Gasteiger partial charge < -0.3 is 15.8 Å². The maximum Gasteiger partial charge on any atom is 0.422 e. The average Bonchev–Trinajstić information content (AvgIpc) is 2.57. The van der Waals surface area contributed by atoms with Crippen molar-refractivity contribution in [1.82, 2.24) is 5.32 Å². The molecule has 134 valence electrons. The number of alkyl halides is 3. The maximum absolute atomic E-state index is 12.1. The summed E-state index contributed by atoms with van der Waals surface area (Å²) in [4.78, 5) is 11.9. The van der Waals surface area contributed by atoms with Crippen LogP contribution in [0.15, 0.2) is 48.5 Å². The van der Waals surface area contributed by atoms with Crippen LogP contribution < -0.4 is 15.8 Å². The topological polar surface area (TPSA) is 64.4 Å². The smallest absolute Gasteiger partial charge is 0.422 e. The summed E-state index contributed by atoms with van der Waals surface area (Å²) in [6, 6.07) is 13.5. The number of hydrogen-bond acceptors (Lipinski definition) is 3. The molecule has 2 aromatic rings. The third-order valence-corrected chi connectivity index (χ3v) is 3.49. The highest BCUT2D eigenvalue weighted by molar-refractivity contribution is 5.76. The number of rotatable bonds is 7. The second kappa shape index (κ2) is 8.41. The van der Waals surface area contributed by atoms with Crippen molar-refractivity contribution in [2.75, 3.05) is 12.3 Å². The van der Waals surface area contributed by atoms with Crippen molar-refractivity contribution in [3.8, 4) is 5.75 Å². The Hall–Kier alpha value is -2.70. The van der Waals surface area contributed by atoms with Crippen LogP contribution >= 0.6 is 0 Å². The second-order valence-corrected chi connectivity index (χ2v) is 5.52. The molecule has 2 rings (SSSR count). The first-order valence-electron chi connectivity index (χ1n) is 7.72. The monoisotopic (exact) mass is 352 g/mol. The third-order valence-electron chi connectivity index (χ3n) is 3.49. The Bertz CT molecular complexity index is 700. The van der Waals surface area contributed by atoms with E-state index in [4.69, 9.17) is 5.73 Å². The lowest BCUT2D eigenvalue weighted by molar-refractivity contribution is -0.153. The highest BCUT2D eigenvalue weighted by atomic mass is 19.4. The fourth-order valence-electron chi connectivity index (χ4n) is 2.17. The molecule has 0 atom stereocenters. The van der Waals surface area contributed by atoms with Gasteiger partial charge in [-0.05, 0) is 35.7 Å². The zero-order chi connectivity index (χ0) is 18.3. The van der Waals surface area contributed by atoms with Crippen molar-refractivity contribution in [3.05, 3.63) is 59.7 Å². The summed E-state index contributed by atoms with van der Waals surface area (Å²) in [5, 5.41) is 2.76. The van der Waals surface area contributed by atoms with Crippen molar-refractivity contribution in [3.63, 3.8) is 0 Å². The minimum absolute atomic E-state index is 0.124. The molecule has 0 heterocycles. The predicted octanol–water partition coefficient (Wildman–Crippen LogP) is 3.46. The second-order valence-electron chi connectivity index (χ2n) is 5.52. The van der Waals surface area contributed by atoms with Gasteiger partial charge in [0, 0.05) is 18.7 Å². The summed E-state index contributed by atoms with van der Waals surface area (Å²) in [5.74, 6) is 0.00704. The number of aryl methyl sites for hydroxylation is 1. The van der Waals surface area contributed by atoms with Gasteiger partial charge in [-0.1, -0.05) is 30.3 Å². The molecule has 0 spiro atoms. The number of carbonyl (C=O) groups excluding carboxylic acids is 1. The zero-order valence-electron chi connectivity index (χ0n) is 13.5. The summed E-state index contributed by atoms with van der Waals surface area (Å²) in [6.45, 7) is -1.03. The van der Waals surface area contributed by atoms with Crippen LogP contribution in [0.4, 0.5) is 18.9 Å². The van der Waals surface area contributed by atoms with Crippen molar-refractivity contribution in [2.45, 2.75) is 25.6 Å². The van der Waals surface area contributed by atoms with Crippen LogP contribution in [0.2, 0.25) is 0 Å². The molecule has 0 aliphatic rings. The van der Waals surface area contributed by atoms with Gasteiger partial charge in [-0.25, -0.2) is 0 Å². The normalized spacial score (nSPS) is 11.2. The first-order chi connectivity index (χ1) is 11.8. The van der Waals surface area contributed by atoms with Crippen molar-refractivity contribution < 1.29 is 22.7 Å². The van der Waals surface area contributed by atoms with Gasteiger partial charge >= 0.3 is 6.18 Å². The van der Waals surface area contributed by atoms with E-state index >= 15 is 0 Å². The third kappa shape index (κ3) is 6.74. The van der Waals surface area contributed by atoms with E-state index in [9.17, 15) is 18.0 Å². The zero-order valence-corrected chi connectivity index (χ0v) is 13.5. The number of benzene rings is 2. The Morgan fingerprint density at radius 2 is 1.76 bits per heavy atom. The average molecular weight is 352 g/mol. The number of ether oxygens (including phenoxy) is 1. The van der Waals surface area contributed by atoms with E-state index in [1.54, 1.807) is 18.2 Å². The Kier molecular flexibility index (Phi) is 6.27. The van der Waals surface area contributed by atoms with Gasteiger partial charge in [0.05, 0.1) is 0 Å². The fourth-order valence-corrected chi connectivity index (χ4v) is 2.17. The lowest BCUT2D eigenvalue weighted by Crippen LogP contribution is -2.23. The molecule has 0 fully saturated rings. The van der Waals surface area contributed by atoms with Crippen LogP contribution in [0, 0.1) is 0 Å². The molecule has 0 aromatic heterocycles. The Balaban J connectivity index is 1.75. The molecule has 0 unspecified atom stereocenters. The number of nitrogens with one attached hydrogen (secondary N) is 1. The number of para-hydroxylation sites is 1. The lowest BCUT2D eigenvalue weighted by atomic mass is 10.1. The van der Waals surface area contributed by atoms with E-state index in [2.05, 4.69) is 10.1 Å². The summed E-state index contributed by atoms with van der Waals surface area (Å²) in [5.41, 5.74) is 8.17. The summed E-state index contributed by atoms with van der Waals surface area (Å²) in [6.07, 6.45) is -3.52. The van der Waals surface area contributed by atoms with Gasteiger partial charge in [0.2, 0.25) is 5.91 Å². The Morgan fingerprint density at radius 1 is 1.08 bits per heavy atom. The van der Waals surface area contributed by atoms with Gasteiger partial charge in [-0.2, -0.15) is 13.2 Å². The van der Waals surface area contributed by atoms with Gasteiger partial charge in [-0.3, -0.25) is 4.79 Å². The highest BCUT2D eigenvalue weighted by Crippen LogP contribution is 2.19. The minimum Gasteiger partial charge on any atom is -0.484 e. The van der Waals surface area contributed by atoms with Crippen LogP contribution in [0.25, 0.3) is 0 Å². The number of hydrogen-bond donors (Lipinski definition) is 2. The molecular weight excluding hydrogens is 333 g/mol. The number of nitrogen functional groups attached to an aromatic ring is 1. The molecule has 4 nitrogen and oxygen atoms in total. The minimum atomic E-state index is -4.37. The quantitative estimate of drug-likeness (QED) is 0.750. The molecule has 1 amide bonds. The first-order valence-corrected chi connectivity index (χ1v) is 7.72. The highest BCUT2D eigenvalue weighted by Gasteiger charge is 2.28. The molecule has 25 heavy (non-hydrogen) atoms. The van der Waals surface area contributed by atoms with E-state index in [1.165, 1.54) is 12.1 Å². The number of carbonyl (C=O) groups is 1. The van der Waals surface area contributed by atoms with E-state index in [1.807, 2.05) is 18.2 Å². The van der Waals surface area contributed by atoms with Crippen LogP contribution in [0.5, 0.6) is 5.75 Å². The molecule has 3 N–H and O–H groups in total. The number of nitrogens with two attached hydrogens (primary N) is 1. The number of anilines is 1. The standard InChI is InChI=1S/C18H19F3N2O2/c19-18(20,21)12-25-15-8-5-13(6-9-15)11-23-17(24)10-7-14-3-1-2-4-16(14)22/h1-6,8-9H,7,10-12,22H2,(H,23,24). The molecule has 0 aliphatic carbocycles. The molecule has 0 bridgehead atoms. The molecule has 0 saturated carbocycles. The van der Waals surface area contributed by atoms with Gasteiger partial charge in [0.25, 0.3) is 0 Å². The summed E-state index contributed by atoms with van der Waals surface area (Å²) in [7, 11) is 0. The Morgan fingerprint density at radius 3 is 2.40 bits per heavy atom. The van der Waals surface area contributed by atoms with Crippen LogP contribution in [-0.4, -0.2) is 18.7 Å². The fraction of sp³-hybridized carbons (Fsp3) is 0.278. The first kappa shape index (κ1) is 18.6. The van der Waals surface area contributed by atoms with Crippen LogP contribution in [-0.2, 0) is 17.8 Å². The van der Waals surface area contributed by atoms with E-state index in [0.717, 1.165) is 11.1 Å². The lowest BCUT2D eigenvalue weighted by Gasteiger charge is -2.10. The molecule has 2 aromatic carbocycles. The van der Waals surface area contributed by atoms with Gasteiger partial charge in [0.15, 0.2) is 6.61 Å². The predicted molar refractivity (Wildman–Crippen MR) is 89.0 cm³/mol. The van der Waals surface area contributed by atoms with Gasteiger partial charge in [-0.15, -0.1) is 0 Å². The number of amides is 1. The van der Waals surface area contributed by atoms with Crippen molar-refractivity contribution in [2.24, 2.45) is 0 Å². The molecule has 0 saturated heterocycles. The van der Waals surface area contributed by atoms with Crippen molar-refractivity contribution in [1.29, 1.82) is 0 Å². The largest absolute Gasteiger partial charge is 0.484 e. The van der Waals surface area contributed by atoms with Gasteiger partial charge in [0.1, 0.15) is 5.75 Å². The molecular formula is C18H19F3N2O2. The molecule has 0 aliphatic heterocycles. The van der Waals surface area contributed by atoms with E-state index in [0.29, 0.717) is 25.1 Å². The van der Waals surface area contributed by atoms with Crippen LogP contribution in [0.3, 0.4) is 0 Å². The summed E-state index contributed by atoms with van der Waals surface area (Å²) >= 11 is 0. The summed E-state index contributed by atoms with van der Waals surface area (Å²) < 4.78 is 40.8. The molecule has 7 heteroatoms. The Labute approximate surface area is 143 Å². The SMILES string of the molecule is Nc1ccccc1CCC(=O)NCc1ccc(OCC(F)(F)F)cc1.